The summed E-state index contributed by atoms with van der Waals surface area (Å²) in [5.41, 5.74) is 0.670. The Hall–Kier alpha value is -1.58. The second-order valence-electron chi connectivity index (χ2n) is 3.64. The van der Waals surface area contributed by atoms with Crippen molar-refractivity contribution < 1.29 is 9.59 Å². The van der Waals surface area contributed by atoms with Crippen LogP contribution in [0.15, 0.2) is 18.5 Å². The molecule has 4 heteroatoms. The topological polar surface area (TPSA) is 42.3 Å². The molecule has 0 radical (unpaired) electrons. The van der Waals surface area contributed by atoms with E-state index in [1.165, 1.54) is 4.90 Å². The van der Waals surface area contributed by atoms with Gasteiger partial charge in [-0.05, 0) is 6.07 Å². The largest absolute Gasteiger partial charge is 0.347 e. The minimum Gasteiger partial charge on any atom is -0.347 e. The van der Waals surface area contributed by atoms with E-state index in [-0.39, 0.29) is 18.2 Å². The molecule has 0 atom stereocenters. The van der Waals surface area contributed by atoms with Gasteiger partial charge in [-0.3, -0.25) is 9.59 Å². The van der Waals surface area contributed by atoms with Gasteiger partial charge in [0.15, 0.2) is 5.78 Å². The van der Waals surface area contributed by atoms with Crippen molar-refractivity contribution in [1.82, 2.24) is 9.47 Å². The van der Waals surface area contributed by atoms with Gasteiger partial charge in [-0.2, -0.15) is 0 Å². The summed E-state index contributed by atoms with van der Waals surface area (Å²) in [6.07, 6.45) is 3.96. The number of aromatic nitrogens is 1. The van der Waals surface area contributed by atoms with Gasteiger partial charge < -0.3 is 9.47 Å². The fraction of sp³-hybridized carbons (Fsp3) is 0.455. The molecule has 0 spiro atoms. The molecule has 1 rings (SSSR count). The fourth-order valence-corrected chi connectivity index (χ4v) is 1.21. The lowest BCUT2D eigenvalue weighted by atomic mass is 10.2. The Labute approximate surface area is 89.5 Å². The highest BCUT2D eigenvalue weighted by Gasteiger charge is 2.08. The SMILES string of the molecule is CCC(=O)c1ccn(CC(=O)N(C)C)c1. The van der Waals surface area contributed by atoms with Gasteiger partial charge >= 0.3 is 0 Å². The van der Waals surface area contributed by atoms with Crippen molar-refractivity contribution in [3.05, 3.63) is 24.0 Å². The first kappa shape index (κ1) is 11.5. The first-order valence-corrected chi connectivity index (χ1v) is 4.93. The number of hydrogen-bond acceptors (Lipinski definition) is 2. The summed E-state index contributed by atoms with van der Waals surface area (Å²) >= 11 is 0. The van der Waals surface area contributed by atoms with Crippen LogP contribution in [0.3, 0.4) is 0 Å². The lowest BCUT2D eigenvalue weighted by molar-refractivity contribution is -0.129. The van der Waals surface area contributed by atoms with Crippen molar-refractivity contribution in [2.24, 2.45) is 0 Å². The van der Waals surface area contributed by atoms with Crippen molar-refractivity contribution in [2.45, 2.75) is 19.9 Å². The Morgan fingerprint density at radius 2 is 2.07 bits per heavy atom. The molecular weight excluding hydrogens is 192 g/mol. The molecule has 1 heterocycles. The molecule has 0 aliphatic carbocycles. The average molecular weight is 208 g/mol. The zero-order valence-electron chi connectivity index (χ0n) is 9.36. The van der Waals surface area contributed by atoms with Crippen LogP contribution in [-0.4, -0.2) is 35.3 Å². The third kappa shape index (κ3) is 2.94. The molecule has 15 heavy (non-hydrogen) atoms. The number of amides is 1. The van der Waals surface area contributed by atoms with Crippen LogP contribution in [0.4, 0.5) is 0 Å². The van der Waals surface area contributed by atoms with Crippen molar-refractivity contribution in [3.63, 3.8) is 0 Å². The van der Waals surface area contributed by atoms with Crippen LogP contribution in [0.25, 0.3) is 0 Å². The van der Waals surface area contributed by atoms with E-state index in [0.717, 1.165) is 0 Å². The van der Waals surface area contributed by atoms with E-state index in [2.05, 4.69) is 0 Å². The van der Waals surface area contributed by atoms with E-state index in [1.54, 1.807) is 37.1 Å². The van der Waals surface area contributed by atoms with Crippen molar-refractivity contribution in [2.75, 3.05) is 14.1 Å². The average Bonchev–Trinajstić information content (AvgIpc) is 2.65. The van der Waals surface area contributed by atoms with E-state index in [9.17, 15) is 9.59 Å². The molecule has 0 aliphatic rings. The summed E-state index contributed by atoms with van der Waals surface area (Å²) in [5.74, 6) is 0.118. The van der Waals surface area contributed by atoms with Crippen LogP contribution in [-0.2, 0) is 11.3 Å². The fourth-order valence-electron chi connectivity index (χ4n) is 1.21. The maximum Gasteiger partial charge on any atom is 0.241 e. The first-order valence-electron chi connectivity index (χ1n) is 4.93. The van der Waals surface area contributed by atoms with Crippen LogP contribution >= 0.6 is 0 Å². The Balaban J connectivity index is 2.69. The second kappa shape index (κ2) is 4.77. The maximum absolute atomic E-state index is 11.4. The molecule has 0 bridgehead atoms. The number of carbonyl (C=O) groups excluding carboxylic acids is 2. The van der Waals surface area contributed by atoms with E-state index in [4.69, 9.17) is 0 Å². The van der Waals surface area contributed by atoms with Crippen LogP contribution in [0.1, 0.15) is 23.7 Å². The molecule has 82 valence electrons. The Morgan fingerprint density at radius 1 is 1.40 bits per heavy atom. The standard InChI is InChI=1S/C11H16N2O2/c1-4-10(14)9-5-6-13(7-9)8-11(15)12(2)3/h5-7H,4,8H2,1-3H3. The molecule has 0 aromatic carbocycles. The van der Waals surface area contributed by atoms with Gasteiger partial charge in [0.25, 0.3) is 0 Å². The molecule has 0 fully saturated rings. The lowest BCUT2D eigenvalue weighted by Crippen LogP contribution is -2.25. The zero-order chi connectivity index (χ0) is 11.4. The number of Topliss-reactive ketones (excluding diaryl/α,β-unsaturated/α-hetero) is 1. The highest BCUT2D eigenvalue weighted by Crippen LogP contribution is 2.04. The number of rotatable bonds is 4. The zero-order valence-corrected chi connectivity index (χ0v) is 9.36. The summed E-state index contributed by atoms with van der Waals surface area (Å²) in [6.45, 7) is 2.11. The van der Waals surface area contributed by atoms with E-state index in [0.29, 0.717) is 12.0 Å². The lowest BCUT2D eigenvalue weighted by Gasteiger charge is -2.10. The summed E-state index contributed by atoms with van der Waals surface area (Å²) in [4.78, 5) is 24.2. The van der Waals surface area contributed by atoms with Gasteiger partial charge in [0.1, 0.15) is 6.54 Å². The van der Waals surface area contributed by atoms with Gasteiger partial charge in [0.2, 0.25) is 5.91 Å². The van der Waals surface area contributed by atoms with Crippen LogP contribution in [0.5, 0.6) is 0 Å². The van der Waals surface area contributed by atoms with Crippen LogP contribution in [0, 0.1) is 0 Å². The molecule has 0 saturated heterocycles. The van der Waals surface area contributed by atoms with Crippen LogP contribution < -0.4 is 0 Å². The molecule has 0 aliphatic heterocycles. The third-order valence-corrected chi connectivity index (χ3v) is 2.21. The molecule has 0 N–H and O–H groups in total. The van der Waals surface area contributed by atoms with Gasteiger partial charge in [0, 0.05) is 38.5 Å². The van der Waals surface area contributed by atoms with E-state index >= 15 is 0 Å². The normalized spacial score (nSPS) is 10.1. The number of likely N-dealkylation sites (N-methyl/N-ethyl adjacent to an activating group) is 1. The minimum absolute atomic E-state index is 0.0149. The van der Waals surface area contributed by atoms with Crippen molar-refractivity contribution in [3.8, 4) is 0 Å². The van der Waals surface area contributed by atoms with Gasteiger partial charge in [0.05, 0.1) is 0 Å². The predicted molar refractivity (Wildman–Crippen MR) is 57.7 cm³/mol. The van der Waals surface area contributed by atoms with Gasteiger partial charge in [-0.15, -0.1) is 0 Å². The van der Waals surface area contributed by atoms with E-state index in [1.807, 2.05) is 6.92 Å². The number of nitrogens with zero attached hydrogens (tertiary/aromatic N) is 2. The Morgan fingerprint density at radius 3 is 2.60 bits per heavy atom. The van der Waals surface area contributed by atoms with Gasteiger partial charge in [-0.1, -0.05) is 6.92 Å². The van der Waals surface area contributed by atoms with Crippen molar-refractivity contribution >= 4 is 11.7 Å². The number of ketones is 1. The molecule has 1 aromatic heterocycles. The molecular formula is C11H16N2O2. The second-order valence-corrected chi connectivity index (χ2v) is 3.64. The van der Waals surface area contributed by atoms with E-state index < -0.39 is 0 Å². The first-order chi connectivity index (χ1) is 7.04. The van der Waals surface area contributed by atoms with Crippen molar-refractivity contribution in [1.29, 1.82) is 0 Å². The summed E-state index contributed by atoms with van der Waals surface area (Å²) in [7, 11) is 3.42. The third-order valence-electron chi connectivity index (χ3n) is 2.21. The molecule has 1 amide bonds. The molecule has 4 nitrogen and oxygen atoms in total. The number of carbonyl (C=O) groups is 2. The highest BCUT2D eigenvalue weighted by molar-refractivity contribution is 5.95. The molecule has 1 aromatic rings. The molecule has 0 unspecified atom stereocenters. The quantitative estimate of drug-likeness (QED) is 0.697. The smallest absolute Gasteiger partial charge is 0.241 e. The summed E-state index contributed by atoms with van der Waals surface area (Å²) < 4.78 is 1.73. The van der Waals surface area contributed by atoms with Gasteiger partial charge in [-0.25, -0.2) is 0 Å². The summed E-state index contributed by atoms with van der Waals surface area (Å²) in [6, 6.07) is 1.74. The summed E-state index contributed by atoms with van der Waals surface area (Å²) in [5, 5.41) is 0. The Kier molecular flexibility index (Phi) is 3.66. The molecule has 0 saturated carbocycles. The maximum atomic E-state index is 11.4. The highest BCUT2D eigenvalue weighted by atomic mass is 16.2. The predicted octanol–water partition coefficient (Wildman–Crippen LogP) is 1.17. The van der Waals surface area contributed by atoms with Crippen LogP contribution in [0.2, 0.25) is 0 Å². The number of hydrogen-bond donors (Lipinski definition) is 0. The minimum atomic E-state index is 0.0149. The Bertz CT molecular complexity index is 366. The monoisotopic (exact) mass is 208 g/mol.